The number of hydrogen-bond acceptors (Lipinski definition) is 3. The number of carbonyl (C=O) groups is 1. The fourth-order valence-corrected chi connectivity index (χ4v) is 3.31. The van der Waals surface area contributed by atoms with E-state index < -0.39 is 0 Å². The summed E-state index contributed by atoms with van der Waals surface area (Å²) in [4.78, 5) is 17.1. The van der Waals surface area contributed by atoms with E-state index in [-0.39, 0.29) is 0 Å². The first kappa shape index (κ1) is 15.8. The zero-order valence-electron chi connectivity index (χ0n) is 13.2. The van der Waals surface area contributed by atoms with E-state index in [1.807, 2.05) is 6.20 Å². The lowest BCUT2D eigenvalue weighted by molar-refractivity contribution is 0.185. The molecule has 1 aliphatic rings. The van der Waals surface area contributed by atoms with Crippen LogP contribution in [0.15, 0.2) is 30.6 Å². The van der Waals surface area contributed by atoms with Gasteiger partial charge in [0, 0.05) is 29.7 Å². The SMILES string of the molecule is C#Cc1cncc2ccc(CN3CCC(C[B]C=O)CC3)cc12. The molecule has 0 N–H and O–H groups in total. The minimum absolute atomic E-state index is 0.659. The molecular weight excluding hydrogens is 283 g/mol. The molecule has 1 aromatic carbocycles. The number of carbonyl (C=O) groups excluding carboxylic acids is 1. The monoisotopic (exact) mass is 303 g/mol. The van der Waals surface area contributed by atoms with Gasteiger partial charge in [-0.25, -0.2) is 0 Å². The number of likely N-dealkylation sites (tertiary alicyclic amines) is 1. The molecule has 0 spiro atoms. The average Bonchev–Trinajstić information content (AvgIpc) is 2.60. The topological polar surface area (TPSA) is 33.2 Å². The molecule has 23 heavy (non-hydrogen) atoms. The summed E-state index contributed by atoms with van der Waals surface area (Å²) in [6.45, 7) is 3.13. The maximum absolute atomic E-state index is 10.4. The molecular formula is C19H20BN2O. The van der Waals surface area contributed by atoms with Crippen LogP contribution in [-0.4, -0.2) is 36.4 Å². The average molecular weight is 303 g/mol. The number of pyridine rings is 1. The highest BCUT2D eigenvalue weighted by Gasteiger charge is 2.19. The lowest BCUT2D eigenvalue weighted by Crippen LogP contribution is -2.33. The molecule has 0 saturated carbocycles. The number of aromatic nitrogens is 1. The number of piperidine rings is 1. The molecule has 0 unspecified atom stereocenters. The van der Waals surface area contributed by atoms with Crippen molar-refractivity contribution in [2.45, 2.75) is 25.7 Å². The number of benzene rings is 1. The molecule has 1 saturated heterocycles. The Morgan fingerprint density at radius 1 is 1.35 bits per heavy atom. The van der Waals surface area contributed by atoms with Crippen molar-refractivity contribution in [1.82, 2.24) is 9.88 Å². The highest BCUT2D eigenvalue weighted by Crippen LogP contribution is 2.24. The van der Waals surface area contributed by atoms with Crippen molar-refractivity contribution in [3.8, 4) is 12.3 Å². The van der Waals surface area contributed by atoms with E-state index in [0.717, 1.165) is 61.3 Å². The van der Waals surface area contributed by atoms with Crippen LogP contribution in [-0.2, 0) is 11.3 Å². The minimum atomic E-state index is 0.659. The van der Waals surface area contributed by atoms with Gasteiger partial charge in [0.15, 0.2) is 7.28 Å². The summed E-state index contributed by atoms with van der Waals surface area (Å²) < 4.78 is 0. The Bertz CT molecular complexity index is 730. The Morgan fingerprint density at radius 3 is 2.91 bits per heavy atom. The van der Waals surface area contributed by atoms with Crippen molar-refractivity contribution in [3.63, 3.8) is 0 Å². The molecule has 1 radical (unpaired) electrons. The Kier molecular flexibility index (Phi) is 5.10. The molecule has 115 valence electrons. The van der Waals surface area contributed by atoms with Gasteiger partial charge in [-0.2, -0.15) is 0 Å². The van der Waals surface area contributed by atoms with Crippen LogP contribution in [0, 0.1) is 18.3 Å². The summed E-state index contributed by atoms with van der Waals surface area (Å²) in [7, 11) is 1.75. The van der Waals surface area contributed by atoms with Gasteiger partial charge >= 0.3 is 0 Å². The van der Waals surface area contributed by atoms with Gasteiger partial charge in [0.25, 0.3) is 0 Å². The van der Waals surface area contributed by atoms with Crippen LogP contribution in [0.5, 0.6) is 0 Å². The maximum Gasteiger partial charge on any atom is 0.197 e. The summed E-state index contributed by atoms with van der Waals surface area (Å²) in [5.74, 6) is 3.38. The predicted molar refractivity (Wildman–Crippen MR) is 95.0 cm³/mol. The van der Waals surface area contributed by atoms with Crippen LogP contribution in [0.25, 0.3) is 10.8 Å². The van der Waals surface area contributed by atoms with Crippen molar-refractivity contribution >= 4 is 24.2 Å². The quantitative estimate of drug-likeness (QED) is 0.484. The second kappa shape index (κ2) is 7.43. The summed E-state index contributed by atoms with van der Waals surface area (Å²) in [5, 5.41) is 2.20. The zero-order chi connectivity index (χ0) is 16.1. The standard InChI is InChI=1S/C19H20BN2O/c1-2-17-11-21-12-18-4-3-16(9-19(17)18)13-22-7-5-15(6-8-22)10-20-14-23/h1,3-4,9,11-12,14-15H,5-8,10,13H2. The molecule has 2 heterocycles. The third kappa shape index (κ3) is 3.81. The Balaban J connectivity index is 1.66. The van der Waals surface area contributed by atoms with E-state index >= 15 is 0 Å². The molecule has 0 atom stereocenters. The van der Waals surface area contributed by atoms with Crippen LogP contribution in [0.1, 0.15) is 24.0 Å². The van der Waals surface area contributed by atoms with Gasteiger partial charge in [0.2, 0.25) is 0 Å². The predicted octanol–water partition coefficient (Wildman–Crippen LogP) is 2.74. The molecule has 4 heteroatoms. The van der Waals surface area contributed by atoms with Crippen molar-refractivity contribution in [1.29, 1.82) is 0 Å². The third-order valence-corrected chi connectivity index (χ3v) is 4.66. The van der Waals surface area contributed by atoms with E-state index in [1.165, 1.54) is 5.56 Å². The van der Waals surface area contributed by atoms with Crippen molar-refractivity contribution < 1.29 is 4.79 Å². The fourth-order valence-electron chi connectivity index (χ4n) is 3.31. The lowest BCUT2D eigenvalue weighted by Gasteiger charge is -2.31. The van der Waals surface area contributed by atoms with Crippen LogP contribution >= 0.6 is 0 Å². The van der Waals surface area contributed by atoms with E-state index in [9.17, 15) is 4.79 Å². The first-order valence-corrected chi connectivity index (χ1v) is 8.12. The first-order chi connectivity index (χ1) is 11.3. The summed E-state index contributed by atoms with van der Waals surface area (Å²) >= 11 is 0. The Labute approximate surface area is 138 Å². The number of fused-ring (bicyclic) bond motifs is 1. The molecule has 0 amide bonds. The first-order valence-electron chi connectivity index (χ1n) is 8.12. The molecule has 1 aromatic heterocycles. The summed E-state index contributed by atoms with van der Waals surface area (Å²) in [5.41, 5.74) is 2.14. The van der Waals surface area contributed by atoms with Crippen molar-refractivity contribution in [2.24, 2.45) is 5.92 Å². The van der Waals surface area contributed by atoms with Crippen LogP contribution in [0.3, 0.4) is 0 Å². The molecule has 3 nitrogen and oxygen atoms in total. The van der Waals surface area contributed by atoms with Gasteiger partial charge < -0.3 is 4.79 Å². The fraction of sp³-hybridized carbons (Fsp3) is 0.368. The van der Waals surface area contributed by atoms with Gasteiger partial charge in [0.1, 0.15) is 0 Å². The summed E-state index contributed by atoms with van der Waals surface area (Å²) in [6, 6.07) is 6.46. The number of rotatable bonds is 5. The van der Waals surface area contributed by atoms with E-state index in [0.29, 0.717) is 5.92 Å². The maximum atomic E-state index is 10.4. The van der Waals surface area contributed by atoms with Gasteiger partial charge in [-0.1, -0.05) is 24.4 Å². The largest absolute Gasteiger partial charge is 0.316 e. The highest BCUT2D eigenvalue weighted by atomic mass is 16.1. The molecule has 1 aliphatic heterocycles. The van der Waals surface area contributed by atoms with Crippen molar-refractivity contribution in [3.05, 3.63) is 41.7 Å². The van der Waals surface area contributed by atoms with Gasteiger partial charge in [-0.05, 0) is 43.5 Å². The molecule has 3 rings (SSSR count). The van der Waals surface area contributed by atoms with Crippen LogP contribution < -0.4 is 0 Å². The van der Waals surface area contributed by atoms with E-state index in [4.69, 9.17) is 6.42 Å². The second-order valence-corrected chi connectivity index (χ2v) is 6.21. The summed E-state index contributed by atoms with van der Waals surface area (Å²) in [6.07, 6.45) is 13.4. The second-order valence-electron chi connectivity index (χ2n) is 6.21. The van der Waals surface area contributed by atoms with Gasteiger partial charge in [0.05, 0.1) is 11.7 Å². The smallest absolute Gasteiger partial charge is 0.197 e. The molecule has 0 bridgehead atoms. The normalized spacial score (nSPS) is 16.1. The third-order valence-electron chi connectivity index (χ3n) is 4.66. The van der Waals surface area contributed by atoms with Crippen LogP contribution in [0.2, 0.25) is 6.32 Å². The van der Waals surface area contributed by atoms with Crippen molar-refractivity contribution in [2.75, 3.05) is 13.1 Å². The number of hydrogen-bond donors (Lipinski definition) is 0. The lowest BCUT2D eigenvalue weighted by atomic mass is 9.69. The minimum Gasteiger partial charge on any atom is -0.316 e. The van der Waals surface area contributed by atoms with E-state index in [2.05, 4.69) is 34.0 Å². The number of terminal acetylenes is 1. The Hall–Kier alpha value is -2.12. The van der Waals surface area contributed by atoms with Gasteiger partial charge in [-0.15, -0.1) is 6.42 Å². The Morgan fingerprint density at radius 2 is 2.17 bits per heavy atom. The van der Waals surface area contributed by atoms with E-state index in [1.54, 1.807) is 13.5 Å². The molecule has 1 fully saturated rings. The van der Waals surface area contributed by atoms with Gasteiger partial charge in [-0.3, -0.25) is 9.88 Å². The molecule has 2 aromatic rings. The highest BCUT2D eigenvalue weighted by molar-refractivity contribution is 6.66. The van der Waals surface area contributed by atoms with Crippen LogP contribution in [0.4, 0.5) is 0 Å². The zero-order valence-corrected chi connectivity index (χ0v) is 13.2. The molecule has 0 aliphatic carbocycles. The number of nitrogens with zero attached hydrogens (tertiary/aromatic N) is 2.